The zero-order chi connectivity index (χ0) is 31.0. The van der Waals surface area contributed by atoms with Gasteiger partial charge in [0.15, 0.2) is 22.9 Å². The molecule has 3 nitrogen and oxygen atoms in total. The van der Waals surface area contributed by atoms with Crippen molar-refractivity contribution in [3.8, 4) is 11.8 Å². The van der Waals surface area contributed by atoms with Gasteiger partial charge >= 0.3 is 0 Å². The Morgan fingerprint density at radius 1 is 1.00 bits per heavy atom. The molecule has 0 radical (unpaired) electrons. The lowest BCUT2D eigenvalue weighted by atomic mass is 9.61. The lowest BCUT2D eigenvalue weighted by Gasteiger charge is -2.45. The quantitative estimate of drug-likeness (QED) is 0.174. The Morgan fingerprint density at radius 2 is 1.61 bits per heavy atom. The molecule has 0 aliphatic heterocycles. The van der Waals surface area contributed by atoms with Crippen molar-refractivity contribution >= 4 is 22.9 Å². The number of aldehydes is 1. The first-order valence-corrected chi connectivity index (χ1v) is 21.9. The van der Waals surface area contributed by atoms with Gasteiger partial charge < -0.3 is 8.85 Å². The van der Waals surface area contributed by atoms with E-state index in [9.17, 15) is 4.79 Å². The predicted octanol–water partition coefficient (Wildman–Crippen LogP) is 10.0. The molecular weight excluding hydrogens is 537 g/mol. The number of carbonyl (C=O) groups excluding carboxylic acids is 1. The summed E-state index contributed by atoms with van der Waals surface area (Å²) in [4.78, 5) is 10.9. The molecule has 0 aromatic heterocycles. The molecule has 0 N–H and O–H groups in total. The topological polar surface area (TPSA) is 35.5 Å². The molecular formula is C36H60O3Si2. The summed E-state index contributed by atoms with van der Waals surface area (Å²) in [5.74, 6) is 7.32. The number of hydrogen-bond donors (Lipinski definition) is 0. The highest BCUT2D eigenvalue weighted by atomic mass is 28.4. The fourth-order valence-electron chi connectivity index (χ4n) is 7.13. The minimum Gasteiger partial charge on any atom is -0.413 e. The number of hydrogen-bond acceptors (Lipinski definition) is 3. The molecule has 0 amide bonds. The van der Waals surface area contributed by atoms with Gasteiger partial charge in [0, 0.05) is 12.3 Å². The van der Waals surface area contributed by atoms with Gasteiger partial charge in [0.1, 0.15) is 0 Å². The maximum absolute atomic E-state index is 10.9. The Morgan fingerprint density at radius 3 is 2.20 bits per heavy atom. The predicted molar refractivity (Wildman–Crippen MR) is 180 cm³/mol. The van der Waals surface area contributed by atoms with E-state index in [4.69, 9.17) is 8.85 Å². The van der Waals surface area contributed by atoms with Crippen LogP contribution in [-0.4, -0.2) is 35.1 Å². The number of fused-ring (bicyclic) bond motifs is 1. The Labute approximate surface area is 255 Å². The summed E-state index contributed by atoms with van der Waals surface area (Å²) < 4.78 is 14.1. The minimum absolute atomic E-state index is 0.00814. The standard InChI is InChI=1S/C36H60O3Si2/c1-26(16-15-23-37)31-20-21-32-28(17-14-22-36(31,32)9)18-19-29-24-30(38-40(10,11)34(3,4)5)25-33(27(29)2)39-41(12,13)35(6,7)8/h18-19,23,26,30-33H,2,14,17,20-22,24-25H2,1,3-13H3/b28-18+,29-19-/t26-,30-,31-,32+,33+,36-/m1/s1. The average Bonchev–Trinajstić information content (AvgIpc) is 3.19. The van der Waals surface area contributed by atoms with Gasteiger partial charge in [-0.3, -0.25) is 4.79 Å². The first-order chi connectivity index (χ1) is 18.7. The summed E-state index contributed by atoms with van der Waals surface area (Å²) >= 11 is 0. The largest absolute Gasteiger partial charge is 0.413 e. The molecule has 0 aromatic carbocycles. The summed E-state index contributed by atoms with van der Waals surface area (Å²) in [6.45, 7) is 32.7. The maximum atomic E-state index is 10.9. The molecule has 0 unspecified atom stereocenters. The molecule has 3 aliphatic carbocycles. The minimum atomic E-state index is -1.98. The van der Waals surface area contributed by atoms with Gasteiger partial charge in [-0.1, -0.05) is 85.6 Å². The highest BCUT2D eigenvalue weighted by Gasteiger charge is 2.50. The number of carbonyl (C=O) groups is 1. The SMILES string of the molecule is C=C1/C(=C\C=C2/CCC[C@]3(C)[C@@H]([C@H](C)C#CC=O)CC[C@@H]23)C[C@@H](O[Si](C)(C)C(C)(C)C)C[C@@H]1O[Si](C)(C)C(C)(C)C. The van der Waals surface area contributed by atoms with Crippen molar-refractivity contribution in [1.29, 1.82) is 0 Å². The van der Waals surface area contributed by atoms with E-state index in [1.54, 1.807) is 5.57 Å². The monoisotopic (exact) mass is 596 g/mol. The summed E-state index contributed by atoms with van der Waals surface area (Å²) in [6.07, 6.45) is 13.6. The van der Waals surface area contributed by atoms with Crippen LogP contribution in [0.2, 0.25) is 36.3 Å². The van der Waals surface area contributed by atoms with Crippen LogP contribution in [0.1, 0.15) is 100 Å². The van der Waals surface area contributed by atoms with Gasteiger partial charge in [-0.25, -0.2) is 0 Å². The zero-order valence-corrected chi connectivity index (χ0v) is 30.5. The van der Waals surface area contributed by atoms with Crippen LogP contribution in [-0.2, 0) is 13.6 Å². The second-order valence-corrected chi connectivity index (χ2v) is 26.1. The smallest absolute Gasteiger partial charge is 0.192 e. The fourth-order valence-corrected chi connectivity index (χ4v) is 9.80. The first-order valence-electron chi connectivity index (χ1n) is 16.1. The summed E-state index contributed by atoms with van der Waals surface area (Å²) in [5.41, 5.74) is 4.31. The van der Waals surface area contributed by atoms with Gasteiger partial charge in [-0.05, 0) is 109 Å². The van der Waals surface area contributed by atoms with Crippen molar-refractivity contribution in [2.24, 2.45) is 23.2 Å². The van der Waals surface area contributed by atoms with Crippen LogP contribution in [0.15, 0.2) is 35.5 Å². The number of rotatable bonds is 6. The molecule has 0 heterocycles. The molecule has 0 saturated heterocycles. The molecule has 0 bridgehead atoms. The second-order valence-electron chi connectivity index (χ2n) is 16.6. The molecule has 3 fully saturated rings. The van der Waals surface area contributed by atoms with Crippen molar-refractivity contribution in [2.75, 3.05) is 0 Å². The van der Waals surface area contributed by atoms with Crippen LogP contribution in [0, 0.1) is 35.0 Å². The Hall–Kier alpha value is -1.20. The Kier molecular flexibility index (Phi) is 10.4. The van der Waals surface area contributed by atoms with Gasteiger partial charge in [0.25, 0.3) is 0 Å². The van der Waals surface area contributed by atoms with Crippen LogP contribution >= 0.6 is 0 Å². The van der Waals surface area contributed by atoms with Gasteiger partial charge in [0.05, 0.1) is 12.2 Å². The third kappa shape index (κ3) is 7.48. The lowest BCUT2D eigenvalue weighted by molar-refractivity contribution is -0.103. The van der Waals surface area contributed by atoms with E-state index in [2.05, 4.69) is 112 Å². The van der Waals surface area contributed by atoms with Gasteiger partial charge in [-0.2, -0.15) is 0 Å². The highest BCUT2D eigenvalue weighted by Crippen LogP contribution is 2.59. The van der Waals surface area contributed by atoms with Crippen molar-refractivity contribution in [2.45, 2.75) is 149 Å². The Bertz CT molecular complexity index is 1100. The second kappa shape index (κ2) is 12.4. The van der Waals surface area contributed by atoms with Crippen LogP contribution in [0.4, 0.5) is 0 Å². The van der Waals surface area contributed by atoms with E-state index >= 15 is 0 Å². The van der Waals surface area contributed by atoms with Crippen molar-refractivity contribution < 1.29 is 13.6 Å². The van der Waals surface area contributed by atoms with E-state index in [0.717, 1.165) is 24.7 Å². The van der Waals surface area contributed by atoms with Crippen LogP contribution in [0.25, 0.3) is 0 Å². The van der Waals surface area contributed by atoms with Gasteiger partial charge in [-0.15, -0.1) is 0 Å². The molecule has 0 spiro atoms. The van der Waals surface area contributed by atoms with Crippen LogP contribution in [0.5, 0.6) is 0 Å². The number of allylic oxidation sites excluding steroid dienone is 3. The lowest BCUT2D eigenvalue weighted by Crippen LogP contribution is -2.49. The summed E-state index contributed by atoms with van der Waals surface area (Å²) in [6, 6.07) is 0. The third-order valence-electron chi connectivity index (χ3n) is 11.7. The molecule has 3 saturated carbocycles. The molecule has 3 aliphatic rings. The molecule has 230 valence electrons. The zero-order valence-electron chi connectivity index (χ0n) is 28.5. The van der Waals surface area contributed by atoms with E-state index < -0.39 is 16.6 Å². The van der Waals surface area contributed by atoms with E-state index in [0.29, 0.717) is 11.8 Å². The summed E-state index contributed by atoms with van der Waals surface area (Å²) in [7, 11) is -3.91. The van der Waals surface area contributed by atoms with E-state index in [-0.39, 0.29) is 33.6 Å². The summed E-state index contributed by atoms with van der Waals surface area (Å²) in [5, 5.41) is 0.313. The van der Waals surface area contributed by atoms with E-state index in [1.807, 2.05) is 0 Å². The Balaban J connectivity index is 1.93. The van der Waals surface area contributed by atoms with Crippen molar-refractivity contribution in [3.05, 3.63) is 35.5 Å². The van der Waals surface area contributed by atoms with E-state index in [1.165, 1.54) is 37.7 Å². The molecule has 41 heavy (non-hydrogen) atoms. The highest BCUT2D eigenvalue weighted by molar-refractivity contribution is 6.74. The molecule has 0 aromatic rings. The molecule has 3 rings (SSSR count). The maximum Gasteiger partial charge on any atom is 0.192 e. The molecule has 5 heteroatoms. The van der Waals surface area contributed by atoms with Gasteiger partial charge in [0.2, 0.25) is 0 Å². The first kappa shape index (κ1) is 34.3. The van der Waals surface area contributed by atoms with Crippen LogP contribution < -0.4 is 0 Å². The van der Waals surface area contributed by atoms with Crippen LogP contribution in [0.3, 0.4) is 0 Å². The third-order valence-corrected chi connectivity index (χ3v) is 20.8. The normalized spacial score (nSPS) is 32.4. The van der Waals surface area contributed by atoms with Crippen molar-refractivity contribution in [1.82, 2.24) is 0 Å². The van der Waals surface area contributed by atoms with Crippen molar-refractivity contribution in [3.63, 3.8) is 0 Å². The average molecular weight is 597 g/mol. The molecule has 6 atom stereocenters. The fraction of sp³-hybridized carbons (Fsp3) is 0.750.